The summed E-state index contributed by atoms with van der Waals surface area (Å²) in [7, 11) is 3.15. The maximum atomic E-state index is 5.66. The summed E-state index contributed by atoms with van der Waals surface area (Å²) in [5, 5.41) is 0. The van der Waals surface area contributed by atoms with Gasteiger partial charge in [0, 0.05) is 0 Å². The molecule has 0 aliphatic rings. The third-order valence-electron chi connectivity index (χ3n) is 2.51. The highest BCUT2D eigenvalue weighted by atomic mass is 16.5. The van der Waals surface area contributed by atoms with Gasteiger partial charge in [-0.1, -0.05) is 6.07 Å². The van der Waals surface area contributed by atoms with Gasteiger partial charge in [-0.05, 0) is 12.1 Å². The zero-order valence-electron chi connectivity index (χ0n) is 10.2. The van der Waals surface area contributed by atoms with Crippen molar-refractivity contribution in [1.82, 2.24) is 9.97 Å². The molecule has 0 spiro atoms. The Morgan fingerprint density at radius 3 is 2.11 bits per heavy atom. The summed E-state index contributed by atoms with van der Waals surface area (Å²) in [6, 6.07) is 5.45. The minimum Gasteiger partial charge on any atom is -0.496 e. The van der Waals surface area contributed by atoms with Crippen molar-refractivity contribution in [3.05, 3.63) is 24.4 Å². The average Bonchev–Trinajstić information content (AvgIpc) is 2.41. The van der Waals surface area contributed by atoms with Crippen LogP contribution in [-0.4, -0.2) is 24.2 Å². The van der Waals surface area contributed by atoms with Crippen LogP contribution in [0.3, 0.4) is 0 Å². The van der Waals surface area contributed by atoms with Crippen molar-refractivity contribution in [3.63, 3.8) is 0 Å². The van der Waals surface area contributed by atoms with E-state index >= 15 is 0 Å². The third-order valence-corrected chi connectivity index (χ3v) is 2.51. The second kappa shape index (κ2) is 4.79. The lowest BCUT2D eigenvalue weighted by atomic mass is 10.1. The molecule has 0 atom stereocenters. The van der Waals surface area contributed by atoms with E-state index in [9.17, 15) is 0 Å². The number of nitrogen functional groups attached to an aromatic ring is 2. The summed E-state index contributed by atoms with van der Waals surface area (Å²) >= 11 is 0. The minimum absolute atomic E-state index is 0.181. The number of anilines is 2. The number of aromatic nitrogens is 2. The van der Waals surface area contributed by atoms with Gasteiger partial charge in [-0.2, -0.15) is 0 Å². The van der Waals surface area contributed by atoms with Crippen LogP contribution in [0, 0.1) is 0 Å². The van der Waals surface area contributed by atoms with Crippen molar-refractivity contribution in [2.24, 2.45) is 0 Å². The zero-order valence-corrected chi connectivity index (χ0v) is 10.2. The quantitative estimate of drug-likeness (QED) is 0.848. The lowest BCUT2D eigenvalue weighted by Crippen LogP contribution is -2.02. The molecule has 6 heteroatoms. The van der Waals surface area contributed by atoms with Crippen molar-refractivity contribution >= 4 is 11.6 Å². The molecule has 0 aliphatic carbocycles. The van der Waals surface area contributed by atoms with Crippen LogP contribution < -0.4 is 20.9 Å². The van der Waals surface area contributed by atoms with Crippen molar-refractivity contribution in [1.29, 1.82) is 0 Å². The highest BCUT2D eigenvalue weighted by Crippen LogP contribution is 2.37. The van der Waals surface area contributed by atoms with E-state index in [1.54, 1.807) is 14.2 Å². The summed E-state index contributed by atoms with van der Waals surface area (Å²) in [6.45, 7) is 0. The summed E-state index contributed by atoms with van der Waals surface area (Å²) in [5.74, 6) is 1.65. The van der Waals surface area contributed by atoms with Crippen molar-refractivity contribution in [3.8, 4) is 22.8 Å². The minimum atomic E-state index is 0.181. The third kappa shape index (κ3) is 2.00. The van der Waals surface area contributed by atoms with Crippen LogP contribution in [0.5, 0.6) is 11.5 Å². The van der Waals surface area contributed by atoms with E-state index in [-0.39, 0.29) is 11.6 Å². The van der Waals surface area contributed by atoms with Gasteiger partial charge in [0.25, 0.3) is 0 Å². The fourth-order valence-corrected chi connectivity index (χ4v) is 1.64. The summed E-state index contributed by atoms with van der Waals surface area (Å²) in [5.41, 5.74) is 12.5. The standard InChI is InChI=1S/C12H14N4O2/c1-17-8-4-3-5-9(18-2)10(8)7-6-15-11(13)12(14)16-7/h3-6H,1-2H3,(H2,13,15)(H2,14,16). The van der Waals surface area contributed by atoms with E-state index in [4.69, 9.17) is 20.9 Å². The summed E-state index contributed by atoms with van der Waals surface area (Å²) < 4.78 is 10.6. The first kappa shape index (κ1) is 12.0. The van der Waals surface area contributed by atoms with E-state index in [0.717, 1.165) is 0 Å². The van der Waals surface area contributed by atoms with Crippen LogP contribution in [-0.2, 0) is 0 Å². The molecular weight excluding hydrogens is 232 g/mol. The van der Waals surface area contributed by atoms with Gasteiger partial charge >= 0.3 is 0 Å². The molecule has 6 nitrogen and oxygen atoms in total. The van der Waals surface area contributed by atoms with Crippen LogP contribution >= 0.6 is 0 Å². The Kier molecular flexibility index (Phi) is 3.18. The number of ether oxygens (including phenoxy) is 2. The largest absolute Gasteiger partial charge is 0.496 e. The number of methoxy groups -OCH3 is 2. The van der Waals surface area contributed by atoms with Gasteiger partial charge < -0.3 is 20.9 Å². The van der Waals surface area contributed by atoms with Gasteiger partial charge in [0.1, 0.15) is 11.5 Å². The van der Waals surface area contributed by atoms with Gasteiger partial charge in [-0.3, -0.25) is 0 Å². The number of nitrogens with zero attached hydrogens (tertiary/aromatic N) is 2. The first-order valence-corrected chi connectivity index (χ1v) is 5.26. The Hall–Kier alpha value is -2.50. The van der Waals surface area contributed by atoms with Crippen LogP contribution in [0.25, 0.3) is 11.3 Å². The smallest absolute Gasteiger partial charge is 0.166 e. The fourth-order valence-electron chi connectivity index (χ4n) is 1.64. The SMILES string of the molecule is COc1cccc(OC)c1-c1cnc(N)c(N)n1. The molecule has 4 N–H and O–H groups in total. The number of hydrogen-bond acceptors (Lipinski definition) is 6. The molecular formula is C12H14N4O2. The highest BCUT2D eigenvalue weighted by molar-refractivity contribution is 5.75. The van der Waals surface area contributed by atoms with Crippen LogP contribution in [0.4, 0.5) is 11.6 Å². The van der Waals surface area contributed by atoms with Crippen molar-refractivity contribution in [2.75, 3.05) is 25.7 Å². The normalized spacial score (nSPS) is 10.1. The zero-order chi connectivity index (χ0) is 13.1. The molecule has 0 fully saturated rings. The predicted octanol–water partition coefficient (Wildman–Crippen LogP) is 1.33. The molecule has 18 heavy (non-hydrogen) atoms. The van der Waals surface area contributed by atoms with Crippen LogP contribution in [0.2, 0.25) is 0 Å². The molecule has 0 bridgehead atoms. The second-order valence-electron chi connectivity index (χ2n) is 3.56. The second-order valence-corrected chi connectivity index (χ2v) is 3.56. The topological polar surface area (TPSA) is 96.3 Å². The Labute approximate surface area is 105 Å². The van der Waals surface area contributed by atoms with E-state index in [1.807, 2.05) is 18.2 Å². The van der Waals surface area contributed by atoms with Gasteiger partial charge in [0.15, 0.2) is 11.6 Å². The molecule has 0 unspecified atom stereocenters. The number of hydrogen-bond donors (Lipinski definition) is 2. The van der Waals surface area contributed by atoms with Gasteiger partial charge in [-0.25, -0.2) is 9.97 Å². The predicted molar refractivity (Wildman–Crippen MR) is 69.4 cm³/mol. The van der Waals surface area contributed by atoms with Crippen LogP contribution in [0.1, 0.15) is 0 Å². The number of benzene rings is 1. The number of rotatable bonds is 3. The molecule has 0 amide bonds. The molecule has 1 heterocycles. The first-order valence-electron chi connectivity index (χ1n) is 5.26. The Morgan fingerprint density at radius 2 is 1.61 bits per heavy atom. The molecule has 1 aromatic heterocycles. The fraction of sp³-hybridized carbons (Fsp3) is 0.167. The van der Waals surface area contributed by atoms with Crippen molar-refractivity contribution < 1.29 is 9.47 Å². The molecule has 2 rings (SSSR count). The Morgan fingerprint density at radius 1 is 1.00 bits per heavy atom. The van der Waals surface area contributed by atoms with E-state index < -0.39 is 0 Å². The van der Waals surface area contributed by atoms with Gasteiger partial charge in [0.05, 0.1) is 31.7 Å². The lowest BCUT2D eigenvalue weighted by molar-refractivity contribution is 0.397. The van der Waals surface area contributed by atoms with E-state index in [2.05, 4.69) is 9.97 Å². The average molecular weight is 246 g/mol. The molecule has 0 saturated carbocycles. The summed E-state index contributed by atoms with van der Waals surface area (Å²) in [6.07, 6.45) is 1.53. The van der Waals surface area contributed by atoms with E-state index in [0.29, 0.717) is 22.8 Å². The molecule has 2 aromatic rings. The molecule has 0 radical (unpaired) electrons. The highest BCUT2D eigenvalue weighted by Gasteiger charge is 2.14. The Balaban J connectivity index is 2.64. The maximum Gasteiger partial charge on any atom is 0.166 e. The molecule has 0 aliphatic heterocycles. The maximum absolute atomic E-state index is 5.66. The van der Waals surface area contributed by atoms with Gasteiger partial charge in [0.2, 0.25) is 0 Å². The number of nitrogens with two attached hydrogens (primary N) is 2. The van der Waals surface area contributed by atoms with Crippen LogP contribution in [0.15, 0.2) is 24.4 Å². The lowest BCUT2D eigenvalue weighted by Gasteiger charge is -2.12. The van der Waals surface area contributed by atoms with Gasteiger partial charge in [-0.15, -0.1) is 0 Å². The first-order chi connectivity index (χ1) is 8.67. The molecule has 94 valence electrons. The monoisotopic (exact) mass is 246 g/mol. The summed E-state index contributed by atoms with van der Waals surface area (Å²) in [4.78, 5) is 8.18. The van der Waals surface area contributed by atoms with Crippen molar-refractivity contribution in [2.45, 2.75) is 0 Å². The molecule has 1 aromatic carbocycles. The molecule has 0 saturated heterocycles. The van der Waals surface area contributed by atoms with E-state index in [1.165, 1.54) is 6.20 Å². The Bertz CT molecular complexity index is 550.